The SMILES string of the molecule is O=c1nc(-c2ccccc2)n2c(n1)[nH]c1ccc(-c3ccc4c(c3)c3ccccc3n4-c3ccccc3)cc12. The Morgan fingerprint density at radius 2 is 1.26 bits per heavy atom. The van der Waals surface area contributed by atoms with Crippen molar-refractivity contribution in [1.29, 1.82) is 0 Å². The number of rotatable bonds is 3. The average Bonchev–Trinajstić information content (AvgIpc) is 3.52. The van der Waals surface area contributed by atoms with Gasteiger partial charge < -0.3 is 9.55 Å². The van der Waals surface area contributed by atoms with Gasteiger partial charge in [-0.05, 0) is 53.6 Å². The predicted molar refractivity (Wildman–Crippen MR) is 156 cm³/mol. The molecule has 0 aliphatic heterocycles. The molecular formula is C33H21N5O. The molecule has 1 N–H and O–H groups in total. The summed E-state index contributed by atoms with van der Waals surface area (Å²) in [6, 6.07) is 41.6. The van der Waals surface area contributed by atoms with Gasteiger partial charge in [0.25, 0.3) is 0 Å². The molecule has 0 saturated heterocycles. The van der Waals surface area contributed by atoms with Crippen LogP contribution in [0.1, 0.15) is 0 Å². The lowest BCUT2D eigenvalue weighted by molar-refractivity contribution is 0.988. The highest BCUT2D eigenvalue weighted by atomic mass is 16.1. The van der Waals surface area contributed by atoms with Crippen LogP contribution in [0, 0.1) is 0 Å². The number of nitrogens with one attached hydrogen (secondary N) is 1. The Hall–Kier alpha value is -5.49. The maximum atomic E-state index is 12.3. The molecule has 8 aromatic rings. The Morgan fingerprint density at radius 3 is 2.10 bits per heavy atom. The first-order chi connectivity index (χ1) is 19.2. The van der Waals surface area contributed by atoms with Crippen molar-refractivity contribution in [3.63, 3.8) is 0 Å². The summed E-state index contributed by atoms with van der Waals surface area (Å²) in [5.74, 6) is 1.04. The van der Waals surface area contributed by atoms with Crippen molar-refractivity contribution in [2.75, 3.05) is 0 Å². The van der Waals surface area contributed by atoms with Crippen LogP contribution in [-0.2, 0) is 0 Å². The Morgan fingerprint density at radius 1 is 0.564 bits per heavy atom. The summed E-state index contributed by atoms with van der Waals surface area (Å²) in [7, 11) is 0. The third kappa shape index (κ3) is 3.32. The number of imidazole rings is 1. The highest BCUT2D eigenvalue weighted by molar-refractivity contribution is 6.10. The van der Waals surface area contributed by atoms with Gasteiger partial charge in [-0.15, -0.1) is 0 Å². The molecule has 0 bridgehead atoms. The molecule has 0 aliphatic rings. The van der Waals surface area contributed by atoms with Crippen molar-refractivity contribution in [1.82, 2.24) is 23.9 Å². The van der Waals surface area contributed by atoms with Gasteiger partial charge in [0.05, 0.1) is 22.1 Å². The van der Waals surface area contributed by atoms with Crippen molar-refractivity contribution < 1.29 is 0 Å². The fourth-order valence-electron chi connectivity index (χ4n) is 5.63. The van der Waals surface area contributed by atoms with E-state index in [4.69, 9.17) is 0 Å². The first-order valence-electron chi connectivity index (χ1n) is 12.8. The van der Waals surface area contributed by atoms with Gasteiger partial charge in [0.2, 0.25) is 5.78 Å². The quantitative estimate of drug-likeness (QED) is 0.282. The maximum absolute atomic E-state index is 12.3. The first-order valence-corrected chi connectivity index (χ1v) is 12.8. The van der Waals surface area contributed by atoms with Gasteiger partial charge in [-0.2, -0.15) is 9.97 Å². The number of nitrogens with zero attached hydrogens (tertiary/aromatic N) is 4. The molecular weight excluding hydrogens is 482 g/mol. The molecule has 0 fully saturated rings. The number of fused-ring (bicyclic) bond motifs is 6. The van der Waals surface area contributed by atoms with E-state index in [-0.39, 0.29) is 0 Å². The summed E-state index contributed by atoms with van der Waals surface area (Å²) < 4.78 is 4.24. The summed E-state index contributed by atoms with van der Waals surface area (Å²) in [6.45, 7) is 0. The van der Waals surface area contributed by atoms with Crippen LogP contribution in [0.2, 0.25) is 0 Å². The molecule has 0 radical (unpaired) electrons. The van der Waals surface area contributed by atoms with E-state index in [0.717, 1.165) is 38.9 Å². The van der Waals surface area contributed by atoms with Gasteiger partial charge in [0.15, 0.2) is 5.82 Å². The standard InChI is InChI=1S/C33H21N5O/c39-33-35-31(21-9-3-1-4-10-21)38-30-20-23(15-17-27(30)34-32(38)36-33)22-16-18-29-26(19-22)25-13-7-8-14-28(25)37(29)24-11-5-2-6-12-24/h1-20H,(H,34,36,39). The van der Waals surface area contributed by atoms with Crippen molar-refractivity contribution in [3.8, 4) is 28.2 Å². The number of benzene rings is 5. The van der Waals surface area contributed by atoms with Crippen molar-refractivity contribution in [2.24, 2.45) is 0 Å². The fourth-order valence-corrected chi connectivity index (χ4v) is 5.63. The van der Waals surface area contributed by atoms with E-state index in [1.54, 1.807) is 0 Å². The third-order valence-corrected chi connectivity index (χ3v) is 7.36. The van der Waals surface area contributed by atoms with Crippen LogP contribution in [0.3, 0.4) is 0 Å². The van der Waals surface area contributed by atoms with Gasteiger partial charge >= 0.3 is 5.69 Å². The van der Waals surface area contributed by atoms with Crippen LogP contribution in [0.4, 0.5) is 0 Å². The van der Waals surface area contributed by atoms with E-state index in [1.165, 1.54) is 16.3 Å². The number of aromatic nitrogens is 5. The number of hydrogen-bond donors (Lipinski definition) is 1. The Labute approximate surface area is 222 Å². The number of H-pyrrole nitrogens is 1. The maximum Gasteiger partial charge on any atom is 0.372 e. The predicted octanol–water partition coefficient (Wildman–Crippen LogP) is 7.00. The van der Waals surface area contributed by atoms with Crippen LogP contribution in [0.5, 0.6) is 0 Å². The van der Waals surface area contributed by atoms with Crippen LogP contribution < -0.4 is 5.69 Å². The molecule has 6 nitrogen and oxygen atoms in total. The van der Waals surface area contributed by atoms with Crippen LogP contribution in [-0.4, -0.2) is 23.9 Å². The van der Waals surface area contributed by atoms with E-state index >= 15 is 0 Å². The summed E-state index contributed by atoms with van der Waals surface area (Å²) in [4.78, 5) is 24.0. The third-order valence-electron chi connectivity index (χ3n) is 7.36. The van der Waals surface area contributed by atoms with E-state index in [0.29, 0.717) is 11.6 Å². The molecule has 0 amide bonds. The first kappa shape index (κ1) is 21.6. The zero-order chi connectivity index (χ0) is 25.9. The summed E-state index contributed by atoms with van der Waals surface area (Å²) in [5.41, 5.74) is 7.80. The summed E-state index contributed by atoms with van der Waals surface area (Å²) in [5, 5.41) is 2.41. The number of hydrogen-bond acceptors (Lipinski definition) is 3. The molecule has 3 heterocycles. The second-order valence-electron chi connectivity index (χ2n) is 9.63. The molecule has 8 rings (SSSR count). The number of aromatic amines is 1. The average molecular weight is 504 g/mol. The number of para-hydroxylation sites is 2. The second kappa shape index (κ2) is 8.26. The fraction of sp³-hybridized carbons (Fsp3) is 0. The van der Waals surface area contributed by atoms with E-state index in [9.17, 15) is 4.79 Å². The van der Waals surface area contributed by atoms with Crippen LogP contribution in [0.25, 0.3) is 66.8 Å². The Balaban J connectivity index is 1.37. The van der Waals surface area contributed by atoms with Crippen molar-refractivity contribution in [3.05, 3.63) is 132 Å². The molecule has 0 saturated carbocycles. The normalized spacial score (nSPS) is 11.7. The molecule has 0 unspecified atom stereocenters. The molecule has 39 heavy (non-hydrogen) atoms. The largest absolute Gasteiger partial charge is 0.372 e. The minimum Gasteiger partial charge on any atom is -0.323 e. The van der Waals surface area contributed by atoms with Crippen LogP contribution >= 0.6 is 0 Å². The highest BCUT2D eigenvalue weighted by Gasteiger charge is 2.16. The molecule has 184 valence electrons. The smallest absolute Gasteiger partial charge is 0.323 e. The van der Waals surface area contributed by atoms with Gasteiger partial charge in [0, 0.05) is 22.0 Å². The van der Waals surface area contributed by atoms with Gasteiger partial charge in [-0.3, -0.25) is 4.40 Å². The highest BCUT2D eigenvalue weighted by Crippen LogP contribution is 2.35. The van der Waals surface area contributed by atoms with Gasteiger partial charge in [0.1, 0.15) is 0 Å². The lowest BCUT2D eigenvalue weighted by Gasteiger charge is -2.08. The van der Waals surface area contributed by atoms with E-state index < -0.39 is 5.69 Å². The molecule has 0 aliphatic carbocycles. The Kier molecular flexibility index (Phi) is 4.57. The van der Waals surface area contributed by atoms with Crippen molar-refractivity contribution >= 4 is 38.6 Å². The van der Waals surface area contributed by atoms with Crippen molar-refractivity contribution in [2.45, 2.75) is 0 Å². The van der Waals surface area contributed by atoms with E-state index in [2.05, 4.69) is 98.4 Å². The molecule has 0 spiro atoms. The van der Waals surface area contributed by atoms with E-state index in [1.807, 2.05) is 46.9 Å². The molecule has 6 heteroatoms. The van der Waals surface area contributed by atoms with Gasteiger partial charge in [-0.1, -0.05) is 78.9 Å². The topological polar surface area (TPSA) is 68.0 Å². The Bertz CT molecular complexity index is 2240. The summed E-state index contributed by atoms with van der Waals surface area (Å²) in [6.07, 6.45) is 0. The molecule has 0 atom stereocenters. The minimum absolute atomic E-state index is 0.474. The summed E-state index contributed by atoms with van der Waals surface area (Å²) >= 11 is 0. The lowest BCUT2D eigenvalue weighted by atomic mass is 10.0. The molecule has 3 aromatic heterocycles. The lowest BCUT2D eigenvalue weighted by Crippen LogP contribution is -2.15. The van der Waals surface area contributed by atoms with Gasteiger partial charge in [-0.25, -0.2) is 4.79 Å². The zero-order valence-corrected chi connectivity index (χ0v) is 20.7. The second-order valence-corrected chi connectivity index (χ2v) is 9.63. The van der Waals surface area contributed by atoms with Crippen LogP contribution in [0.15, 0.2) is 126 Å². The zero-order valence-electron chi connectivity index (χ0n) is 20.7. The minimum atomic E-state index is -0.513. The molecule has 5 aromatic carbocycles. The monoisotopic (exact) mass is 503 g/mol.